The highest BCUT2D eigenvalue weighted by Gasteiger charge is 2.09. The number of aliphatic carboxylic acids is 2. The second-order valence-electron chi connectivity index (χ2n) is 3.52. The van der Waals surface area contributed by atoms with E-state index in [4.69, 9.17) is 27.4 Å². The average molecular weight is 249 g/mol. The SMILES string of the molecule is NCCCC(=O)O.NCCCC[C@H](N)C(=O)O. The Morgan fingerprint density at radius 3 is 1.82 bits per heavy atom. The monoisotopic (exact) mass is 249 g/mol. The smallest absolute Gasteiger partial charge is 0.320 e. The predicted octanol–water partition coefficient (Wildman–Crippen LogP) is -0.663. The largest absolute Gasteiger partial charge is 0.481 e. The molecule has 0 spiro atoms. The van der Waals surface area contributed by atoms with Gasteiger partial charge in [0, 0.05) is 6.42 Å². The molecule has 0 amide bonds. The minimum absolute atomic E-state index is 0.191. The lowest BCUT2D eigenvalue weighted by Gasteiger charge is -2.03. The molecule has 0 heterocycles. The first-order chi connectivity index (χ1) is 7.95. The molecule has 1 atom stereocenters. The number of hydrogen-bond acceptors (Lipinski definition) is 5. The van der Waals surface area contributed by atoms with Crippen molar-refractivity contribution in [2.75, 3.05) is 13.1 Å². The average Bonchev–Trinajstić information content (AvgIpc) is 2.27. The van der Waals surface area contributed by atoms with E-state index in [0.29, 0.717) is 25.9 Å². The fraction of sp³-hybridized carbons (Fsp3) is 0.800. The van der Waals surface area contributed by atoms with Crippen molar-refractivity contribution in [2.45, 2.75) is 38.1 Å². The zero-order chi connectivity index (χ0) is 13.7. The maximum atomic E-state index is 10.1. The first-order valence-electron chi connectivity index (χ1n) is 5.56. The fourth-order valence-corrected chi connectivity index (χ4v) is 0.885. The maximum absolute atomic E-state index is 10.1. The van der Waals surface area contributed by atoms with Gasteiger partial charge in [-0.25, -0.2) is 0 Å². The first-order valence-corrected chi connectivity index (χ1v) is 5.56. The second-order valence-corrected chi connectivity index (χ2v) is 3.52. The van der Waals surface area contributed by atoms with E-state index in [9.17, 15) is 9.59 Å². The Morgan fingerprint density at radius 1 is 1.00 bits per heavy atom. The molecule has 0 radical (unpaired) electrons. The van der Waals surface area contributed by atoms with Gasteiger partial charge in [0.05, 0.1) is 0 Å². The summed E-state index contributed by atoms with van der Waals surface area (Å²) in [5.74, 6) is -1.71. The molecular formula is C10H23N3O4. The highest BCUT2D eigenvalue weighted by atomic mass is 16.4. The molecule has 0 aliphatic carbocycles. The molecule has 7 heteroatoms. The molecule has 0 saturated heterocycles. The van der Waals surface area contributed by atoms with Crippen molar-refractivity contribution >= 4 is 11.9 Å². The minimum atomic E-state index is -0.933. The maximum Gasteiger partial charge on any atom is 0.320 e. The third-order valence-electron chi connectivity index (χ3n) is 1.88. The Kier molecular flexibility index (Phi) is 13.8. The van der Waals surface area contributed by atoms with Crippen LogP contribution in [0.4, 0.5) is 0 Å². The molecule has 0 bridgehead atoms. The summed E-state index contributed by atoms with van der Waals surface area (Å²) in [5.41, 5.74) is 15.4. The molecule has 102 valence electrons. The third kappa shape index (κ3) is 17.4. The topological polar surface area (TPSA) is 153 Å². The lowest BCUT2D eigenvalue weighted by Crippen LogP contribution is -2.29. The van der Waals surface area contributed by atoms with Crippen molar-refractivity contribution in [2.24, 2.45) is 17.2 Å². The van der Waals surface area contributed by atoms with Crippen molar-refractivity contribution in [3.05, 3.63) is 0 Å². The van der Waals surface area contributed by atoms with E-state index in [0.717, 1.165) is 12.8 Å². The summed E-state index contributed by atoms with van der Waals surface area (Å²) in [5, 5.41) is 16.3. The zero-order valence-corrected chi connectivity index (χ0v) is 9.97. The second kappa shape index (κ2) is 12.9. The van der Waals surface area contributed by atoms with Crippen LogP contribution in [0.25, 0.3) is 0 Å². The summed E-state index contributed by atoms with van der Waals surface area (Å²) in [6.45, 7) is 1.07. The highest BCUT2D eigenvalue weighted by Crippen LogP contribution is 1.96. The molecule has 0 aromatic rings. The highest BCUT2D eigenvalue weighted by molar-refractivity contribution is 5.72. The van der Waals surface area contributed by atoms with Crippen molar-refractivity contribution in [1.29, 1.82) is 0 Å². The number of carbonyl (C=O) groups is 2. The summed E-state index contributed by atoms with van der Waals surface area (Å²) in [6.07, 6.45) is 2.93. The first kappa shape index (κ1) is 18.2. The number of rotatable bonds is 8. The molecule has 0 aliphatic rings. The van der Waals surface area contributed by atoms with Crippen molar-refractivity contribution in [1.82, 2.24) is 0 Å². The van der Waals surface area contributed by atoms with Crippen molar-refractivity contribution in [3.63, 3.8) is 0 Å². The van der Waals surface area contributed by atoms with Gasteiger partial charge in [-0.3, -0.25) is 9.59 Å². The van der Waals surface area contributed by atoms with Gasteiger partial charge in [0.25, 0.3) is 0 Å². The van der Waals surface area contributed by atoms with Gasteiger partial charge in [-0.1, -0.05) is 6.42 Å². The Balaban J connectivity index is 0. The van der Waals surface area contributed by atoms with Crippen LogP contribution in [-0.4, -0.2) is 41.3 Å². The van der Waals surface area contributed by atoms with E-state index < -0.39 is 18.0 Å². The molecule has 7 nitrogen and oxygen atoms in total. The van der Waals surface area contributed by atoms with Crippen LogP contribution in [0.15, 0.2) is 0 Å². The van der Waals surface area contributed by atoms with Gasteiger partial charge >= 0.3 is 11.9 Å². The molecule has 0 rings (SSSR count). The van der Waals surface area contributed by atoms with E-state index >= 15 is 0 Å². The van der Waals surface area contributed by atoms with Gasteiger partial charge in [-0.2, -0.15) is 0 Å². The minimum Gasteiger partial charge on any atom is -0.481 e. The lowest BCUT2D eigenvalue weighted by atomic mass is 10.1. The Labute approximate surface area is 101 Å². The lowest BCUT2D eigenvalue weighted by molar-refractivity contribution is -0.139. The Hall–Kier alpha value is -1.18. The van der Waals surface area contributed by atoms with Gasteiger partial charge in [-0.15, -0.1) is 0 Å². The number of unbranched alkanes of at least 4 members (excludes halogenated alkanes) is 1. The molecule has 8 N–H and O–H groups in total. The van der Waals surface area contributed by atoms with E-state index in [-0.39, 0.29) is 6.42 Å². The summed E-state index contributed by atoms with van der Waals surface area (Å²) in [6, 6.07) is -0.716. The molecule has 0 saturated carbocycles. The third-order valence-corrected chi connectivity index (χ3v) is 1.88. The van der Waals surface area contributed by atoms with Crippen LogP contribution < -0.4 is 17.2 Å². The van der Waals surface area contributed by atoms with Crippen LogP contribution in [0.1, 0.15) is 32.1 Å². The number of carboxylic acids is 2. The van der Waals surface area contributed by atoms with E-state index in [2.05, 4.69) is 0 Å². The number of hydrogen-bond donors (Lipinski definition) is 5. The van der Waals surface area contributed by atoms with Gasteiger partial charge in [0.15, 0.2) is 0 Å². The summed E-state index contributed by atoms with van der Waals surface area (Å²) < 4.78 is 0. The van der Waals surface area contributed by atoms with E-state index in [1.54, 1.807) is 0 Å². The Bertz CT molecular complexity index is 212. The van der Waals surface area contributed by atoms with Gasteiger partial charge < -0.3 is 27.4 Å². The van der Waals surface area contributed by atoms with Crippen molar-refractivity contribution in [3.8, 4) is 0 Å². The predicted molar refractivity (Wildman–Crippen MR) is 64.4 cm³/mol. The van der Waals surface area contributed by atoms with Gasteiger partial charge in [-0.05, 0) is 32.4 Å². The van der Waals surface area contributed by atoms with E-state index in [1.807, 2.05) is 0 Å². The van der Waals surface area contributed by atoms with Crippen LogP contribution >= 0.6 is 0 Å². The summed E-state index contributed by atoms with van der Waals surface area (Å²) in [7, 11) is 0. The zero-order valence-electron chi connectivity index (χ0n) is 9.97. The van der Waals surface area contributed by atoms with E-state index in [1.165, 1.54) is 0 Å². The number of carboxylic acid groups (broad SMARTS) is 2. The summed E-state index contributed by atoms with van der Waals surface area (Å²) in [4.78, 5) is 19.8. The normalized spacial score (nSPS) is 11.2. The standard InChI is InChI=1S/C6H14N2O2.C4H9NO2/c7-4-2-1-3-5(8)6(9)10;5-3-1-2-4(6)7/h5H,1-4,7-8H2,(H,9,10);1-3,5H2,(H,6,7)/t5-;/m0./s1. The number of nitrogens with two attached hydrogens (primary N) is 3. The van der Waals surface area contributed by atoms with Gasteiger partial charge in [0.2, 0.25) is 0 Å². The van der Waals surface area contributed by atoms with Crippen LogP contribution in [-0.2, 0) is 9.59 Å². The van der Waals surface area contributed by atoms with Crippen LogP contribution in [0.2, 0.25) is 0 Å². The van der Waals surface area contributed by atoms with Crippen molar-refractivity contribution < 1.29 is 19.8 Å². The molecule has 0 aromatic heterocycles. The molecule has 0 unspecified atom stereocenters. The van der Waals surface area contributed by atoms with Crippen LogP contribution in [0.3, 0.4) is 0 Å². The molecular weight excluding hydrogens is 226 g/mol. The van der Waals surface area contributed by atoms with Crippen LogP contribution in [0, 0.1) is 0 Å². The van der Waals surface area contributed by atoms with Crippen LogP contribution in [0.5, 0.6) is 0 Å². The summed E-state index contributed by atoms with van der Waals surface area (Å²) >= 11 is 0. The van der Waals surface area contributed by atoms with Gasteiger partial charge in [0.1, 0.15) is 6.04 Å². The fourth-order valence-electron chi connectivity index (χ4n) is 0.885. The molecule has 0 aliphatic heterocycles. The quantitative estimate of drug-likeness (QED) is 0.358. The molecule has 0 aromatic carbocycles. The molecule has 17 heavy (non-hydrogen) atoms. The molecule has 0 fully saturated rings. The Morgan fingerprint density at radius 2 is 1.53 bits per heavy atom.